The number of benzene rings is 1. The minimum Gasteiger partial charge on any atom is -0.382 e. The molecule has 2 heterocycles. The summed E-state index contributed by atoms with van der Waals surface area (Å²) in [4.78, 5) is 7.31. The molecule has 0 fully saturated rings. The van der Waals surface area contributed by atoms with Crippen molar-refractivity contribution in [2.24, 2.45) is 7.05 Å². The maximum Gasteiger partial charge on any atom is 0.155 e. The molecule has 0 saturated heterocycles. The molecular weight excluding hydrogens is 250 g/mol. The first-order valence-electron chi connectivity index (χ1n) is 5.51. The average Bonchev–Trinajstić information content (AvgIpc) is 2.80. The zero-order valence-corrected chi connectivity index (χ0v) is 10.8. The van der Waals surface area contributed by atoms with Crippen molar-refractivity contribution in [2.45, 2.75) is 6.92 Å². The lowest BCUT2D eigenvalue weighted by atomic mass is 10.1. The van der Waals surface area contributed by atoms with Crippen LogP contribution in [0.4, 0.5) is 5.82 Å². The van der Waals surface area contributed by atoms with E-state index >= 15 is 0 Å². The standard InChI is InChI=1S/C12H12ClN5/c1-6-15-10(11(13)16-6)7-3-4-8-9(5-7)18(2)17-12(8)14/h3-5H,1-2H3,(H2,14,17)(H,15,16). The first-order chi connectivity index (χ1) is 8.56. The molecule has 3 aromatic rings. The van der Waals surface area contributed by atoms with Gasteiger partial charge < -0.3 is 10.7 Å². The van der Waals surface area contributed by atoms with Crippen LogP contribution < -0.4 is 5.73 Å². The van der Waals surface area contributed by atoms with Crippen LogP contribution in [0.2, 0.25) is 5.15 Å². The fourth-order valence-corrected chi connectivity index (χ4v) is 2.38. The number of nitrogen functional groups attached to an aromatic ring is 1. The molecule has 1 aromatic carbocycles. The Morgan fingerprint density at radius 3 is 2.83 bits per heavy atom. The molecule has 0 aliphatic heterocycles. The third-order valence-corrected chi connectivity index (χ3v) is 3.22. The van der Waals surface area contributed by atoms with Crippen molar-refractivity contribution in [3.63, 3.8) is 0 Å². The fraction of sp³-hybridized carbons (Fsp3) is 0.167. The van der Waals surface area contributed by atoms with Gasteiger partial charge >= 0.3 is 0 Å². The Balaban J connectivity index is 2.25. The number of halogens is 1. The SMILES string of the molecule is Cc1nc(Cl)c(-c2ccc3c(N)nn(C)c3c2)[nH]1. The van der Waals surface area contributed by atoms with Gasteiger partial charge in [0.25, 0.3) is 0 Å². The number of H-pyrrole nitrogens is 1. The van der Waals surface area contributed by atoms with E-state index in [1.807, 2.05) is 32.2 Å². The summed E-state index contributed by atoms with van der Waals surface area (Å²) in [6.45, 7) is 1.87. The van der Waals surface area contributed by atoms with Crippen molar-refractivity contribution >= 4 is 28.3 Å². The van der Waals surface area contributed by atoms with Gasteiger partial charge in [-0.25, -0.2) is 4.98 Å². The molecular formula is C12H12ClN5. The molecule has 0 unspecified atom stereocenters. The number of rotatable bonds is 1. The summed E-state index contributed by atoms with van der Waals surface area (Å²) in [5.74, 6) is 1.32. The molecule has 0 atom stereocenters. The predicted octanol–water partition coefficient (Wildman–Crippen LogP) is 2.51. The summed E-state index contributed by atoms with van der Waals surface area (Å²) in [6.07, 6.45) is 0. The molecule has 92 valence electrons. The summed E-state index contributed by atoms with van der Waals surface area (Å²) >= 11 is 6.09. The zero-order valence-electron chi connectivity index (χ0n) is 10.0. The van der Waals surface area contributed by atoms with Gasteiger partial charge in [0.05, 0.1) is 11.2 Å². The minimum absolute atomic E-state index is 0.474. The summed E-state index contributed by atoms with van der Waals surface area (Å²) < 4.78 is 1.76. The van der Waals surface area contributed by atoms with Crippen molar-refractivity contribution in [3.8, 4) is 11.3 Å². The quantitative estimate of drug-likeness (QED) is 0.707. The topological polar surface area (TPSA) is 72.5 Å². The van der Waals surface area contributed by atoms with Crippen molar-refractivity contribution in [2.75, 3.05) is 5.73 Å². The van der Waals surface area contributed by atoms with Crippen molar-refractivity contribution in [3.05, 3.63) is 29.2 Å². The molecule has 0 aliphatic carbocycles. The Labute approximate surface area is 109 Å². The summed E-state index contributed by atoms with van der Waals surface area (Å²) in [5.41, 5.74) is 8.57. The molecule has 3 rings (SSSR count). The number of hydrogen-bond acceptors (Lipinski definition) is 3. The van der Waals surface area contributed by atoms with E-state index in [0.717, 1.165) is 28.0 Å². The van der Waals surface area contributed by atoms with Crippen LogP contribution in [0.3, 0.4) is 0 Å². The van der Waals surface area contributed by atoms with Gasteiger partial charge in [-0.3, -0.25) is 4.68 Å². The van der Waals surface area contributed by atoms with Crippen LogP contribution in [0.1, 0.15) is 5.82 Å². The molecule has 6 heteroatoms. The van der Waals surface area contributed by atoms with Crippen LogP contribution in [-0.4, -0.2) is 19.7 Å². The lowest BCUT2D eigenvalue weighted by molar-refractivity contribution is 0.802. The third kappa shape index (κ3) is 1.55. The monoisotopic (exact) mass is 261 g/mol. The number of aromatic nitrogens is 4. The van der Waals surface area contributed by atoms with E-state index in [1.54, 1.807) is 4.68 Å². The second-order valence-electron chi connectivity index (χ2n) is 4.23. The highest BCUT2D eigenvalue weighted by Crippen LogP contribution is 2.29. The molecule has 5 nitrogen and oxygen atoms in total. The van der Waals surface area contributed by atoms with Gasteiger partial charge in [-0.15, -0.1) is 0 Å². The summed E-state index contributed by atoms with van der Waals surface area (Å²) in [6, 6.07) is 5.90. The second-order valence-corrected chi connectivity index (χ2v) is 4.59. The van der Waals surface area contributed by atoms with Gasteiger partial charge in [-0.1, -0.05) is 17.7 Å². The Bertz CT molecular complexity index is 740. The van der Waals surface area contributed by atoms with E-state index in [2.05, 4.69) is 15.1 Å². The van der Waals surface area contributed by atoms with Gasteiger partial charge in [0.15, 0.2) is 11.0 Å². The third-order valence-electron chi connectivity index (χ3n) is 2.95. The normalized spacial score (nSPS) is 11.3. The maximum absolute atomic E-state index is 6.09. The van der Waals surface area contributed by atoms with E-state index in [1.165, 1.54) is 0 Å². The van der Waals surface area contributed by atoms with Gasteiger partial charge in [0.1, 0.15) is 5.82 Å². The van der Waals surface area contributed by atoms with Gasteiger partial charge in [0, 0.05) is 18.0 Å². The van der Waals surface area contributed by atoms with E-state index in [0.29, 0.717) is 11.0 Å². The molecule has 0 spiro atoms. The maximum atomic E-state index is 6.09. The highest BCUT2D eigenvalue weighted by atomic mass is 35.5. The van der Waals surface area contributed by atoms with Crippen LogP contribution in [0, 0.1) is 6.92 Å². The van der Waals surface area contributed by atoms with Gasteiger partial charge in [-0.05, 0) is 19.1 Å². The average molecular weight is 262 g/mol. The lowest BCUT2D eigenvalue weighted by Gasteiger charge is -2.00. The van der Waals surface area contributed by atoms with Gasteiger partial charge in [0.2, 0.25) is 0 Å². The second kappa shape index (κ2) is 3.74. The van der Waals surface area contributed by atoms with Crippen LogP contribution in [0.5, 0.6) is 0 Å². The van der Waals surface area contributed by atoms with Crippen LogP contribution in [0.25, 0.3) is 22.2 Å². The van der Waals surface area contributed by atoms with Gasteiger partial charge in [-0.2, -0.15) is 5.10 Å². The number of imidazole rings is 1. The highest BCUT2D eigenvalue weighted by molar-refractivity contribution is 6.32. The molecule has 3 N–H and O–H groups in total. The fourth-order valence-electron chi connectivity index (χ4n) is 2.10. The Morgan fingerprint density at radius 1 is 1.39 bits per heavy atom. The van der Waals surface area contributed by atoms with Crippen molar-refractivity contribution < 1.29 is 0 Å². The minimum atomic E-state index is 0.474. The first kappa shape index (κ1) is 11.1. The van der Waals surface area contributed by atoms with E-state index in [-0.39, 0.29) is 0 Å². The molecule has 0 bridgehead atoms. The lowest BCUT2D eigenvalue weighted by Crippen LogP contribution is -1.91. The Kier molecular flexibility index (Phi) is 2.31. The molecule has 18 heavy (non-hydrogen) atoms. The van der Waals surface area contributed by atoms with E-state index in [4.69, 9.17) is 17.3 Å². The Morgan fingerprint density at radius 2 is 2.17 bits per heavy atom. The summed E-state index contributed by atoms with van der Waals surface area (Å²) in [7, 11) is 1.86. The molecule has 0 saturated carbocycles. The summed E-state index contributed by atoms with van der Waals surface area (Å²) in [5, 5.41) is 5.60. The van der Waals surface area contributed by atoms with Crippen LogP contribution in [0.15, 0.2) is 18.2 Å². The van der Waals surface area contributed by atoms with E-state index in [9.17, 15) is 0 Å². The Hall–Kier alpha value is -2.01. The number of nitrogens with two attached hydrogens (primary N) is 1. The van der Waals surface area contributed by atoms with Crippen molar-refractivity contribution in [1.82, 2.24) is 19.7 Å². The van der Waals surface area contributed by atoms with Crippen LogP contribution >= 0.6 is 11.6 Å². The molecule has 2 aromatic heterocycles. The zero-order chi connectivity index (χ0) is 12.9. The molecule has 0 amide bonds. The number of anilines is 1. The number of nitrogens with zero attached hydrogens (tertiary/aromatic N) is 3. The van der Waals surface area contributed by atoms with E-state index < -0.39 is 0 Å². The largest absolute Gasteiger partial charge is 0.382 e. The van der Waals surface area contributed by atoms with Crippen molar-refractivity contribution in [1.29, 1.82) is 0 Å². The number of fused-ring (bicyclic) bond motifs is 1. The number of nitrogens with one attached hydrogen (secondary N) is 1. The first-order valence-corrected chi connectivity index (χ1v) is 5.89. The predicted molar refractivity (Wildman–Crippen MR) is 72.5 cm³/mol. The van der Waals surface area contributed by atoms with Crippen LogP contribution in [-0.2, 0) is 7.05 Å². The molecule has 0 radical (unpaired) electrons. The smallest absolute Gasteiger partial charge is 0.155 e. The number of hydrogen-bond donors (Lipinski definition) is 2. The number of aromatic amines is 1. The highest BCUT2D eigenvalue weighted by Gasteiger charge is 2.11. The molecule has 0 aliphatic rings. The number of aryl methyl sites for hydroxylation is 2.